The molecule has 3 aromatic carbocycles. The van der Waals surface area contributed by atoms with Crippen molar-refractivity contribution in [3.8, 4) is 0 Å². The molecule has 0 aliphatic carbocycles. The van der Waals surface area contributed by atoms with E-state index in [1.807, 2.05) is 24.3 Å². The number of methoxy groups -OCH3 is 4. The first-order chi connectivity index (χ1) is 32.0. The standard InChI is InChI=1S/C47H58F3N7O10/c1-27(64-3)39(53-45(62)66-5)43(60)55-25-7-9-37(55)41(58)51-32-17-11-29(12-18-32)35-23-24-36(57(35)34-21-15-31(16-22-34)47(48,49)50)30-13-19-33(20-14-30)52-42(59)38-10-8-26-56(38)44(61)40(28(2)65-4)54-46(63)67-6/h11-22,27-28,35-40H,7-10,23-26H2,1-6H3,(H,51,58)(H,52,59)(H,53,62)(H,54,63). The van der Waals surface area contributed by atoms with E-state index in [2.05, 4.69) is 26.2 Å². The SMILES string of the molecule is COC(=O)NC(C(=O)N1CCCC1C(=O)Nc1ccc(C2CCC(c3ccc(NC(=O)C4CCCN4C(=O)C(NC(=O)OC)C(C)OC)cc3)N2c2ccc(C(F)(F)F)cc2)cc1)C(C)OC. The van der Waals surface area contributed by atoms with Crippen LogP contribution in [0.25, 0.3) is 0 Å². The van der Waals surface area contributed by atoms with Crippen LogP contribution in [0.5, 0.6) is 0 Å². The number of alkyl carbamates (subject to hydrolysis) is 2. The topological polar surface area (TPSA) is 197 Å². The van der Waals surface area contributed by atoms with Gasteiger partial charge in [-0.25, -0.2) is 9.59 Å². The third kappa shape index (κ3) is 11.6. The Morgan fingerprint density at radius 3 is 1.31 bits per heavy atom. The van der Waals surface area contributed by atoms with Crippen molar-refractivity contribution >= 4 is 52.9 Å². The van der Waals surface area contributed by atoms with Crippen LogP contribution >= 0.6 is 0 Å². The number of alkyl halides is 3. The number of carbonyl (C=O) groups is 6. The Bertz CT molecular complexity index is 2100. The minimum atomic E-state index is -4.53. The fraction of sp³-hybridized carbons (Fsp3) is 0.489. The van der Waals surface area contributed by atoms with Crippen molar-refractivity contribution in [3.05, 3.63) is 89.5 Å². The largest absolute Gasteiger partial charge is 0.453 e. The van der Waals surface area contributed by atoms with Crippen LogP contribution in [0.1, 0.15) is 81.1 Å². The number of anilines is 3. The maximum atomic E-state index is 13.7. The molecule has 6 amide bonds. The van der Waals surface area contributed by atoms with Crippen molar-refractivity contribution in [1.82, 2.24) is 20.4 Å². The minimum absolute atomic E-state index is 0.278. The molecule has 3 heterocycles. The summed E-state index contributed by atoms with van der Waals surface area (Å²) < 4.78 is 61.1. The quantitative estimate of drug-likeness (QED) is 0.136. The van der Waals surface area contributed by atoms with Gasteiger partial charge in [0, 0.05) is 44.4 Å². The molecule has 3 aliphatic heterocycles. The Kier molecular flexibility index (Phi) is 16.4. The zero-order valence-corrected chi connectivity index (χ0v) is 38.3. The number of benzene rings is 3. The normalized spacial score (nSPS) is 21.2. The summed E-state index contributed by atoms with van der Waals surface area (Å²) in [6.07, 6.45) is -4.31. The zero-order chi connectivity index (χ0) is 48.6. The minimum Gasteiger partial charge on any atom is -0.453 e. The average Bonchev–Trinajstić information content (AvgIpc) is 4.13. The van der Waals surface area contributed by atoms with Crippen molar-refractivity contribution in [3.63, 3.8) is 0 Å². The van der Waals surface area contributed by atoms with Gasteiger partial charge in [0.05, 0.1) is 44.1 Å². The first-order valence-electron chi connectivity index (χ1n) is 22.1. The Morgan fingerprint density at radius 1 is 0.582 bits per heavy atom. The Morgan fingerprint density at radius 2 is 0.970 bits per heavy atom. The third-order valence-electron chi connectivity index (χ3n) is 12.8. The summed E-state index contributed by atoms with van der Waals surface area (Å²) in [7, 11) is 5.18. The molecule has 3 aromatic rings. The van der Waals surface area contributed by atoms with Gasteiger partial charge < -0.3 is 54.9 Å². The van der Waals surface area contributed by atoms with E-state index in [0.717, 1.165) is 23.3 Å². The zero-order valence-electron chi connectivity index (χ0n) is 38.3. The molecule has 3 aliphatic rings. The fourth-order valence-electron chi connectivity index (χ4n) is 9.04. The highest BCUT2D eigenvalue weighted by Gasteiger charge is 2.42. The molecular formula is C47H58F3N7O10. The van der Waals surface area contributed by atoms with Crippen molar-refractivity contribution in [2.45, 2.75) is 107 Å². The Balaban J connectivity index is 1.17. The summed E-state index contributed by atoms with van der Waals surface area (Å²) in [6.45, 7) is 3.87. The maximum absolute atomic E-state index is 13.7. The van der Waals surface area contributed by atoms with Crippen molar-refractivity contribution in [2.24, 2.45) is 0 Å². The molecule has 8 atom stereocenters. The Hall–Kier alpha value is -6.41. The van der Waals surface area contributed by atoms with Crippen LogP contribution in [-0.4, -0.2) is 124 Å². The number of rotatable bonds is 15. The first-order valence-corrected chi connectivity index (χ1v) is 22.1. The van der Waals surface area contributed by atoms with Gasteiger partial charge in [-0.05, 0) is 112 Å². The molecule has 0 spiro atoms. The van der Waals surface area contributed by atoms with Gasteiger partial charge in [0.15, 0.2) is 0 Å². The van der Waals surface area contributed by atoms with E-state index >= 15 is 0 Å². The number of amides is 6. The molecule has 3 fully saturated rings. The molecule has 67 heavy (non-hydrogen) atoms. The molecule has 17 nitrogen and oxygen atoms in total. The van der Waals surface area contributed by atoms with Crippen LogP contribution in [0.2, 0.25) is 0 Å². The molecule has 8 unspecified atom stereocenters. The van der Waals surface area contributed by atoms with Crippen molar-refractivity contribution in [2.75, 3.05) is 57.1 Å². The van der Waals surface area contributed by atoms with Gasteiger partial charge in [-0.2, -0.15) is 13.2 Å². The summed E-state index contributed by atoms with van der Waals surface area (Å²) in [5, 5.41) is 10.8. The molecule has 20 heteroatoms. The molecule has 0 saturated carbocycles. The van der Waals surface area contributed by atoms with Gasteiger partial charge in [0.1, 0.15) is 24.2 Å². The number of carbonyl (C=O) groups excluding carboxylic acids is 6. The number of nitrogens with zero attached hydrogens (tertiary/aromatic N) is 3. The van der Waals surface area contributed by atoms with Crippen LogP contribution in [0.3, 0.4) is 0 Å². The number of hydrogen-bond acceptors (Lipinski definition) is 11. The van der Waals surface area contributed by atoms with E-state index in [0.29, 0.717) is 68.7 Å². The van der Waals surface area contributed by atoms with Gasteiger partial charge in [0.2, 0.25) is 23.6 Å². The molecule has 362 valence electrons. The summed E-state index contributed by atoms with van der Waals surface area (Å²) in [6, 6.07) is 15.1. The fourth-order valence-corrected chi connectivity index (χ4v) is 9.04. The number of likely N-dealkylation sites (tertiary alicyclic amines) is 2. The predicted octanol–water partition coefficient (Wildman–Crippen LogP) is 6.17. The van der Waals surface area contributed by atoms with Gasteiger partial charge in [-0.3, -0.25) is 19.2 Å². The van der Waals surface area contributed by atoms with Crippen molar-refractivity contribution in [1.29, 1.82) is 0 Å². The summed E-state index contributed by atoms with van der Waals surface area (Å²) in [5.41, 5.74) is 2.45. The second-order valence-corrected chi connectivity index (χ2v) is 16.8. The molecular weight excluding hydrogens is 880 g/mol. The molecule has 0 bridgehead atoms. The van der Waals surface area contributed by atoms with E-state index < -0.39 is 83.9 Å². The van der Waals surface area contributed by atoms with Crippen LogP contribution in [0.15, 0.2) is 72.8 Å². The average molecular weight is 938 g/mol. The molecule has 3 saturated heterocycles. The molecule has 6 rings (SSSR count). The van der Waals surface area contributed by atoms with Crippen molar-refractivity contribution < 1.29 is 60.9 Å². The number of halogens is 3. The van der Waals surface area contributed by atoms with E-state index in [-0.39, 0.29) is 12.1 Å². The third-order valence-corrected chi connectivity index (χ3v) is 12.8. The van der Waals surface area contributed by atoms with E-state index in [9.17, 15) is 41.9 Å². The number of nitrogens with one attached hydrogen (secondary N) is 4. The lowest BCUT2D eigenvalue weighted by Gasteiger charge is -2.34. The number of ether oxygens (including phenoxy) is 4. The van der Waals surface area contributed by atoms with E-state index in [1.54, 1.807) is 38.1 Å². The summed E-state index contributed by atoms with van der Waals surface area (Å²) in [5.74, 6) is -1.76. The van der Waals surface area contributed by atoms with Gasteiger partial charge in [0.25, 0.3) is 0 Å². The van der Waals surface area contributed by atoms with E-state index in [1.165, 1.54) is 50.4 Å². The smallest absolute Gasteiger partial charge is 0.416 e. The van der Waals surface area contributed by atoms with Gasteiger partial charge in [-0.1, -0.05) is 24.3 Å². The number of hydrogen-bond donors (Lipinski definition) is 4. The molecule has 0 aromatic heterocycles. The maximum Gasteiger partial charge on any atom is 0.416 e. The second kappa shape index (κ2) is 21.9. The first kappa shape index (κ1) is 50.0. The monoisotopic (exact) mass is 937 g/mol. The molecule has 0 radical (unpaired) electrons. The highest BCUT2D eigenvalue weighted by molar-refractivity contribution is 6.00. The second-order valence-electron chi connectivity index (χ2n) is 16.8. The van der Waals surface area contributed by atoms with Crippen LogP contribution in [0.4, 0.5) is 39.8 Å². The highest BCUT2D eigenvalue weighted by atomic mass is 19.4. The van der Waals surface area contributed by atoms with Crippen LogP contribution < -0.4 is 26.2 Å². The lowest BCUT2D eigenvalue weighted by molar-refractivity contribution is -0.141. The van der Waals surface area contributed by atoms with Crippen LogP contribution in [-0.2, 0) is 44.3 Å². The lowest BCUT2D eigenvalue weighted by Crippen LogP contribution is -2.56. The predicted molar refractivity (Wildman–Crippen MR) is 240 cm³/mol. The highest BCUT2D eigenvalue weighted by Crippen LogP contribution is 2.47. The summed E-state index contributed by atoms with van der Waals surface area (Å²) in [4.78, 5) is 83.5. The molecule has 4 N–H and O–H groups in total. The lowest BCUT2D eigenvalue weighted by atomic mass is 10.0. The summed E-state index contributed by atoms with van der Waals surface area (Å²) >= 11 is 0. The van der Waals surface area contributed by atoms with E-state index in [4.69, 9.17) is 18.9 Å². The van der Waals surface area contributed by atoms with Gasteiger partial charge in [-0.15, -0.1) is 0 Å². The Labute approximate surface area is 387 Å². The van der Waals surface area contributed by atoms with Gasteiger partial charge >= 0.3 is 18.4 Å². The van der Waals surface area contributed by atoms with Crippen LogP contribution in [0, 0.1) is 0 Å².